The largest absolute Gasteiger partial charge is 0.465 e. The van der Waals surface area contributed by atoms with Crippen molar-refractivity contribution >= 4 is 11.5 Å². The van der Waals surface area contributed by atoms with Crippen molar-refractivity contribution in [3.8, 4) is 6.07 Å². The number of methoxy groups -OCH3 is 1. The number of carbonyl (C=O) groups excluding carboxylic acids is 1. The van der Waals surface area contributed by atoms with Gasteiger partial charge in [-0.05, 0) is 24.6 Å². The minimum absolute atomic E-state index is 0.423. The number of pyridine rings is 1. The molecule has 0 atom stereocenters. The summed E-state index contributed by atoms with van der Waals surface area (Å²) in [5.41, 5.74) is 2.52. The van der Waals surface area contributed by atoms with Crippen LogP contribution in [0.5, 0.6) is 0 Å². The van der Waals surface area contributed by atoms with Crippen LogP contribution >= 0.6 is 0 Å². The van der Waals surface area contributed by atoms with E-state index >= 15 is 0 Å². The van der Waals surface area contributed by atoms with Gasteiger partial charge >= 0.3 is 5.97 Å². The van der Waals surface area contributed by atoms with Crippen molar-refractivity contribution in [2.24, 2.45) is 0 Å². The topological polar surface area (TPSA) is 54.5 Å². The summed E-state index contributed by atoms with van der Waals surface area (Å²) in [6, 6.07) is 7.33. The molecule has 0 fully saturated rings. The Morgan fingerprint density at radius 2 is 2.31 bits per heavy atom. The molecule has 4 heteroatoms. The zero-order valence-electron chi connectivity index (χ0n) is 9.02. The third-order valence-electron chi connectivity index (χ3n) is 2.51. The van der Waals surface area contributed by atoms with E-state index in [2.05, 4.69) is 6.07 Å². The summed E-state index contributed by atoms with van der Waals surface area (Å²) in [5, 5.41) is 8.97. The molecule has 2 heterocycles. The quantitative estimate of drug-likeness (QED) is 0.681. The number of hydrogen-bond donors (Lipinski definition) is 0. The Labute approximate surface area is 92.7 Å². The summed E-state index contributed by atoms with van der Waals surface area (Å²) in [6.07, 6.45) is 1.76. The van der Waals surface area contributed by atoms with Crippen LogP contribution in [0.25, 0.3) is 5.52 Å². The molecule has 0 aromatic carbocycles. The molecule has 0 aliphatic carbocycles. The highest BCUT2D eigenvalue weighted by molar-refractivity contribution is 5.98. The number of hydrogen-bond acceptors (Lipinski definition) is 3. The average Bonchev–Trinajstić information content (AvgIpc) is 2.68. The summed E-state index contributed by atoms with van der Waals surface area (Å²) >= 11 is 0. The first kappa shape index (κ1) is 10.2. The van der Waals surface area contributed by atoms with Gasteiger partial charge in [-0.25, -0.2) is 4.79 Å². The van der Waals surface area contributed by atoms with Gasteiger partial charge in [-0.15, -0.1) is 0 Å². The Bertz CT molecular complexity index is 605. The number of fused-ring (bicyclic) bond motifs is 1. The Hall–Kier alpha value is -2.28. The number of aromatic nitrogens is 1. The molecule has 0 bridgehead atoms. The maximum atomic E-state index is 11.6. The molecule has 2 aromatic rings. The molecule has 4 nitrogen and oxygen atoms in total. The van der Waals surface area contributed by atoms with Gasteiger partial charge in [0.1, 0.15) is 11.8 Å². The third kappa shape index (κ3) is 1.34. The highest BCUT2D eigenvalue weighted by Crippen LogP contribution is 2.20. The molecule has 0 spiro atoms. The monoisotopic (exact) mass is 214 g/mol. The molecule has 0 aliphatic rings. The summed E-state index contributed by atoms with van der Waals surface area (Å²) < 4.78 is 6.39. The van der Waals surface area contributed by atoms with Gasteiger partial charge in [-0.3, -0.25) is 0 Å². The Morgan fingerprint density at radius 1 is 1.56 bits per heavy atom. The van der Waals surface area contributed by atoms with Crippen LogP contribution in [0.1, 0.15) is 21.6 Å². The summed E-state index contributed by atoms with van der Waals surface area (Å²) in [4.78, 5) is 11.6. The second-order valence-electron chi connectivity index (χ2n) is 3.46. The zero-order valence-corrected chi connectivity index (χ0v) is 9.02. The molecule has 0 radical (unpaired) electrons. The van der Waals surface area contributed by atoms with Crippen LogP contribution in [0.4, 0.5) is 0 Å². The first-order chi connectivity index (χ1) is 7.69. The number of ether oxygens (including phenoxy) is 1. The maximum absolute atomic E-state index is 11.6. The van der Waals surface area contributed by atoms with E-state index in [-0.39, 0.29) is 0 Å². The lowest BCUT2D eigenvalue weighted by Crippen LogP contribution is -2.01. The van der Waals surface area contributed by atoms with E-state index in [0.717, 1.165) is 11.1 Å². The first-order valence-corrected chi connectivity index (χ1v) is 4.78. The van der Waals surface area contributed by atoms with Gasteiger partial charge in [0.2, 0.25) is 0 Å². The van der Waals surface area contributed by atoms with E-state index in [1.54, 1.807) is 16.7 Å². The van der Waals surface area contributed by atoms with Crippen LogP contribution < -0.4 is 0 Å². The molecule has 0 saturated carbocycles. The van der Waals surface area contributed by atoms with E-state index in [9.17, 15) is 4.79 Å². The number of nitriles is 1. The molecular weight excluding hydrogens is 204 g/mol. The van der Waals surface area contributed by atoms with Gasteiger partial charge in [0.15, 0.2) is 0 Å². The fraction of sp³-hybridized carbons (Fsp3) is 0.167. The Balaban J connectivity index is 2.86. The maximum Gasteiger partial charge on any atom is 0.340 e. The number of carbonyl (C=O) groups is 1. The van der Waals surface area contributed by atoms with Gasteiger partial charge in [-0.2, -0.15) is 5.26 Å². The lowest BCUT2D eigenvalue weighted by molar-refractivity contribution is 0.0603. The van der Waals surface area contributed by atoms with E-state index in [1.807, 2.05) is 19.1 Å². The lowest BCUT2D eigenvalue weighted by Gasteiger charge is -2.01. The Morgan fingerprint density at radius 3 is 2.94 bits per heavy atom. The van der Waals surface area contributed by atoms with Crippen LogP contribution in [-0.2, 0) is 4.74 Å². The molecule has 0 unspecified atom stereocenters. The van der Waals surface area contributed by atoms with Gasteiger partial charge in [0.05, 0.1) is 18.2 Å². The van der Waals surface area contributed by atoms with E-state index in [4.69, 9.17) is 10.00 Å². The second-order valence-corrected chi connectivity index (χ2v) is 3.46. The molecular formula is C12H10N2O2. The van der Waals surface area contributed by atoms with Crippen molar-refractivity contribution in [3.05, 3.63) is 41.2 Å². The van der Waals surface area contributed by atoms with Gasteiger partial charge in [0, 0.05) is 6.20 Å². The summed E-state index contributed by atoms with van der Waals surface area (Å²) in [6.45, 7) is 1.89. The number of nitrogens with zero attached hydrogens (tertiary/aromatic N) is 2. The van der Waals surface area contributed by atoms with Crippen LogP contribution in [0.15, 0.2) is 24.4 Å². The zero-order chi connectivity index (χ0) is 11.7. The standard InChI is InChI=1S/C12H10N2O2/c1-8-4-3-5-14-9(7-13)6-10(11(8)14)12(15)16-2/h3-6H,1-2H3. The smallest absolute Gasteiger partial charge is 0.340 e. The van der Waals surface area contributed by atoms with Gasteiger partial charge in [0.25, 0.3) is 0 Å². The SMILES string of the molecule is COC(=O)c1cc(C#N)n2cccc(C)c12. The highest BCUT2D eigenvalue weighted by atomic mass is 16.5. The number of rotatable bonds is 1. The van der Waals surface area contributed by atoms with Crippen molar-refractivity contribution in [2.75, 3.05) is 7.11 Å². The minimum Gasteiger partial charge on any atom is -0.465 e. The first-order valence-electron chi connectivity index (χ1n) is 4.78. The molecule has 2 aromatic heterocycles. The fourth-order valence-electron chi connectivity index (χ4n) is 1.79. The van der Waals surface area contributed by atoms with Crippen LogP contribution in [0.2, 0.25) is 0 Å². The van der Waals surface area contributed by atoms with E-state index in [0.29, 0.717) is 11.3 Å². The predicted octanol–water partition coefficient (Wildman–Crippen LogP) is 1.91. The third-order valence-corrected chi connectivity index (χ3v) is 2.51. The van der Waals surface area contributed by atoms with Crippen molar-refractivity contribution in [3.63, 3.8) is 0 Å². The number of aryl methyl sites for hydroxylation is 1. The average molecular weight is 214 g/mol. The minimum atomic E-state index is -0.423. The molecule has 2 rings (SSSR count). The van der Waals surface area contributed by atoms with Crippen LogP contribution in [0.3, 0.4) is 0 Å². The predicted molar refractivity (Wildman–Crippen MR) is 58.2 cm³/mol. The molecule has 0 amide bonds. The van der Waals surface area contributed by atoms with Crippen LogP contribution in [-0.4, -0.2) is 17.5 Å². The lowest BCUT2D eigenvalue weighted by atomic mass is 10.2. The van der Waals surface area contributed by atoms with Crippen molar-refractivity contribution in [1.29, 1.82) is 5.26 Å². The van der Waals surface area contributed by atoms with Crippen LogP contribution in [0, 0.1) is 18.3 Å². The van der Waals surface area contributed by atoms with E-state index in [1.165, 1.54) is 7.11 Å². The summed E-state index contributed by atoms with van der Waals surface area (Å²) in [5.74, 6) is -0.423. The molecule has 0 saturated heterocycles. The van der Waals surface area contributed by atoms with Crippen molar-refractivity contribution in [2.45, 2.75) is 6.92 Å². The molecule has 16 heavy (non-hydrogen) atoms. The van der Waals surface area contributed by atoms with Gasteiger partial charge < -0.3 is 9.14 Å². The van der Waals surface area contributed by atoms with Gasteiger partial charge in [-0.1, -0.05) is 6.07 Å². The fourth-order valence-corrected chi connectivity index (χ4v) is 1.79. The van der Waals surface area contributed by atoms with Crippen molar-refractivity contribution < 1.29 is 9.53 Å². The normalized spacial score (nSPS) is 10.1. The summed E-state index contributed by atoms with van der Waals surface area (Å²) in [7, 11) is 1.33. The Kier molecular flexibility index (Phi) is 2.37. The second kappa shape index (κ2) is 3.70. The van der Waals surface area contributed by atoms with Crippen molar-refractivity contribution in [1.82, 2.24) is 4.40 Å². The van der Waals surface area contributed by atoms with E-state index < -0.39 is 5.97 Å². The number of esters is 1. The molecule has 0 N–H and O–H groups in total. The molecule has 80 valence electrons. The highest BCUT2D eigenvalue weighted by Gasteiger charge is 2.16. The molecule has 0 aliphatic heterocycles.